The molecule has 0 aromatic heterocycles. The molecule has 8 nitrogen and oxygen atoms in total. The van der Waals surface area contributed by atoms with Gasteiger partial charge in [0.05, 0.1) is 27.3 Å². The minimum Gasteiger partial charge on any atom is -0.379 e. The van der Waals surface area contributed by atoms with Crippen LogP contribution in [-0.2, 0) is 9.53 Å². The fourth-order valence-corrected chi connectivity index (χ4v) is 3.94. The molecule has 1 unspecified atom stereocenters. The van der Waals surface area contributed by atoms with E-state index in [9.17, 15) is 9.59 Å². The van der Waals surface area contributed by atoms with Gasteiger partial charge in [-0.3, -0.25) is 14.6 Å². The van der Waals surface area contributed by atoms with Crippen molar-refractivity contribution < 1.29 is 18.9 Å². The van der Waals surface area contributed by atoms with Crippen molar-refractivity contribution in [3.05, 3.63) is 0 Å². The number of hydrogen-bond donors (Lipinski definition) is 0. The molecule has 2 fully saturated rings. The number of morpholine rings is 1. The molecule has 3 heterocycles. The molecule has 1 atom stereocenters. The van der Waals surface area contributed by atoms with Crippen LogP contribution in [0.3, 0.4) is 0 Å². The van der Waals surface area contributed by atoms with Gasteiger partial charge in [-0.2, -0.15) is 0 Å². The summed E-state index contributed by atoms with van der Waals surface area (Å²) in [6.45, 7) is 4.47. The molecule has 0 saturated carbocycles. The Morgan fingerprint density at radius 3 is 2.65 bits per heavy atom. The van der Waals surface area contributed by atoms with Gasteiger partial charge in [0.1, 0.15) is 0 Å². The summed E-state index contributed by atoms with van der Waals surface area (Å²) in [4.78, 5) is 33.9. The zero-order chi connectivity index (χ0) is 16.6. The number of thioether (sulfide) groups is 1. The van der Waals surface area contributed by atoms with Crippen molar-refractivity contribution >= 4 is 34.7 Å². The largest absolute Gasteiger partial charge is 0.388 e. The number of carbonyl (C=O) groups excluding carboxylic acids is 2. The van der Waals surface area contributed by atoms with Gasteiger partial charge in [-0.05, 0) is 0 Å². The summed E-state index contributed by atoms with van der Waals surface area (Å²) in [5, 5.41) is 0.793. The molecule has 0 aliphatic carbocycles. The lowest BCUT2D eigenvalue weighted by Gasteiger charge is -2.27. The van der Waals surface area contributed by atoms with E-state index in [0.717, 1.165) is 48.7 Å². The van der Waals surface area contributed by atoms with Crippen LogP contribution >= 0.6 is 11.8 Å². The maximum Gasteiger partial charge on any atom is 0.388 e. The summed E-state index contributed by atoms with van der Waals surface area (Å²) in [6.07, 6.45) is 0. The average molecular weight is 340 g/mol. The predicted molar refractivity (Wildman–Crippen MR) is 88.1 cm³/mol. The zero-order valence-corrected chi connectivity index (χ0v) is 14.5. The Kier molecular flexibility index (Phi) is 4.69. The Labute approximate surface area is 139 Å². The van der Waals surface area contributed by atoms with Crippen molar-refractivity contribution in [1.29, 1.82) is 0 Å². The maximum absolute atomic E-state index is 12.3. The Bertz CT molecular complexity index is 585. The van der Waals surface area contributed by atoms with Gasteiger partial charge in [0, 0.05) is 32.4 Å². The van der Waals surface area contributed by atoms with Crippen LogP contribution < -0.4 is 0 Å². The van der Waals surface area contributed by atoms with E-state index in [-0.39, 0.29) is 11.9 Å². The van der Waals surface area contributed by atoms with E-state index in [1.807, 2.05) is 11.6 Å². The highest BCUT2D eigenvalue weighted by Crippen LogP contribution is 2.21. The van der Waals surface area contributed by atoms with Gasteiger partial charge < -0.3 is 4.74 Å². The summed E-state index contributed by atoms with van der Waals surface area (Å²) in [6, 6.07) is -0.915. The molecule has 0 aromatic rings. The second kappa shape index (κ2) is 6.58. The van der Waals surface area contributed by atoms with Crippen molar-refractivity contribution in [3.63, 3.8) is 0 Å². The van der Waals surface area contributed by atoms with Gasteiger partial charge in [0.25, 0.3) is 23.0 Å². The highest BCUT2D eigenvalue weighted by Gasteiger charge is 2.51. The van der Waals surface area contributed by atoms with Crippen LogP contribution in [0.15, 0.2) is 4.99 Å². The van der Waals surface area contributed by atoms with Crippen LogP contribution in [0.1, 0.15) is 0 Å². The third-order valence-electron chi connectivity index (χ3n) is 4.34. The fraction of sp³-hybridized carbons (Fsp3) is 0.714. The van der Waals surface area contributed by atoms with Gasteiger partial charge in [-0.15, -0.1) is 4.99 Å². The fourth-order valence-electron chi connectivity index (χ4n) is 2.94. The number of carbonyl (C=O) groups is 2. The maximum atomic E-state index is 12.3. The molecule has 3 amide bonds. The Morgan fingerprint density at radius 1 is 1.26 bits per heavy atom. The monoisotopic (exact) mass is 340 g/mol. The molecule has 0 spiro atoms. The molecule has 3 aliphatic heterocycles. The van der Waals surface area contributed by atoms with Gasteiger partial charge in [0.2, 0.25) is 0 Å². The van der Waals surface area contributed by atoms with E-state index >= 15 is 0 Å². The molecule has 126 valence electrons. The third-order valence-corrected chi connectivity index (χ3v) is 5.36. The minimum atomic E-state index is -0.599. The van der Waals surface area contributed by atoms with Crippen LogP contribution in [0.5, 0.6) is 0 Å². The van der Waals surface area contributed by atoms with Crippen molar-refractivity contribution in [3.8, 4) is 0 Å². The smallest absolute Gasteiger partial charge is 0.379 e. The van der Waals surface area contributed by atoms with Gasteiger partial charge >= 0.3 is 6.03 Å². The molecule has 0 radical (unpaired) electrons. The van der Waals surface area contributed by atoms with Crippen LogP contribution in [0, 0.1) is 0 Å². The number of fused-ring (bicyclic) bond motifs is 1. The number of amides is 3. The molecule has 2 saturated heterocycles. The summed E-state index contributed by atoms with van der Waals surface area (Å²) < 4.78 is 7.20. The van der Waals surface area contributed by atoms with Crippen LogP contribution in [0.2, 0.25) is 0 Å². The topological polar surface area (TPSA) is 68.5 Å². The van der Waals surface area contributed by atoms with E-state index < -0.39 is 6.04 Å². The minimum absolute atomic E-state index is 0.265. The predicted octanol–water partition coefficient (Wildman–Crippen LogP) is -0.645. The lowest BCUT2D eigenvalue weighted by atomic mass is 10.2. The molecular formula is C14H22N5O3S+. The van der Waals surface area contributed by atoms with Crippen molar-refractivity contribution in [2.24, 2.45) is 4.99 Å². The number of ether oxygens (including phenoxy) is 1. The molecule has 3 aliphatic rings. The quantitative estimate of drug-likeness (QED) is 0.639. The first kappa shape index (κ1) is 16.4. The van der Waals surface area contributed by atoms with Crippen LogP contribution in [0.4, 0.5) is 4.79 Å². The summed E-state index contributed by atoms with van der Waals surface area (Å²) in [7, 11) is 5.04. The summed E-state index contributed by atoms with van der Waals surface area (Å²) >= 11 is 1.62. The number of amidine groups is 2. The van der Waals surface area contributed by atoms with Crippen molar-refractivity contribution in [2.75, 3.05) is 59.7 Å². The Morgan fingerprint density at radius 2 is 1.96 bits per heavy atom. The first-order valence-corrected chi connectivity index (χ1v) is 8.66. The van der Waals surface area contributed by atoms with Crippen LogP contribution in [-0.4, -0.2) is 108 Å². The SMILES string of the molecule is CN1C(=O)C2N=C(SCCN3CCOCC3)[N+](C)=C2N(C)C1=O. The van der Waals surface area contributed by atoms with Gasteiger partial charge in [0.15, 0.2) is 0 Å². The van der Waals surface area contributed by atoms with Gasteiger partial charge in [-0.25, -0.2) is 14.3 Å². The zero-order valence-electron chi connectivity index (χ0n) is 13.7. The van der Waals surface area contributed by atoms with E-state index in [2.05, 4.69) is 9.89 Å². The number of hydrogen-bond acceptors (Lipinski definition) is 6. The van der Waals surface area contributed by atoms with E-state index in [0.29, 0.717) is 5.84 Å². The lowest BCUT2D eigenvalue weighted by Crippen LogP contribution is -2.59. The Hall–Kier alpha value is -1.45. The number of likely N-dealkylation sites (N-methyl/N-ethyl adjacent to an activating group) is 2. The number of aliphatic imine (C=N–C) groups is 1. The molecule has 23 heavy (non-hydrogen) atoms. The molecular weight excluding hydrogens is 318 g/mol. The second-order valence-electron chi connectivity index (χ2n) is 5.77. The first-order chi connectivity index (χ1) is 11.0. The van der Waals surface area contributed by atoms with Gasteiger partial charge in [-0.1, -0.05) is 11.8 Å². The first-order valence-electron chi connectivity index (χ1n) is 7.67. The highest BCUT2D eigenvalue weighted by atomic mass is 32.2. The number of rotatable bonds is 3. The highest BCUT2D eigenvalue weighted by molar-refractivity contribution is 8.13. The number of imide groups is 1. The van der Waals surface area contributed by atoms with E-state index in [1.54, 1.807) is 18.8 Å². The molecule has 3 rings (SSSR count). The lowest BCUT2D eigenvalue weighted by molar-refractivity contribution is -0.367. The van der Waals surface area contributed by atoms with Crippen molar-refractivity contribution in [2.45, 2.75) is 6.04 Å². The third kappa shape index (κ3) is 3.00. The average Bonchev–Trinajstić information content (AvgIpc) is 2.89. The van der Waals surface area contributed by atoms with E-state index in [4.69, 9.17) is 4.74 Å². The second-order valence-corrected chi connectivity index (χ2v) is 6.83. The number of nitrogens with zero attached hydrogens (tertiary/aromatic N) is 5. The molecule has 9 heteroatoms. The molecule has 0 bridgehead atoms. The Balaban J connectivity index is 1.65. The molecule has 0 aromatic carbocycles. The normalized spacial score (nSPS) is 26.0. The van der Waals surface area contributed by atoms with E-state index in [1.165, 1.54) is 11.9 Å². The number of urea groups is 1. The standard InChI is InChI=1S/C14H22N5O3S/c1-16-11-10(12(20)18(3)14(21)17(11)2)15-13(16)23-9-6-19-4-7-22-8-5-19/h10H,4-9H2,1-3H3/q+1. The summed E-state index contributed by atoms with van der Waals surface area (Å²) in [5.74, 6) is 1.27. The van der Waals surface area contributed by atoms with Crippen LogP contribution in [0.25, 0.3) is 0 Å². The van der Waals surface area contributed by atoms with Crippen molar-refractivity contribution in [1.82, 2.24) is 14.7 Å². The summed E-state index contributed by atoms with van der Waals surface area (Å²) in [5.41, 5.74) is 0. The molecule has 0 N–H and O–H groups in total.